The number of hydrogen-bond donors (Lipinski definition) is 2. The van der Waals surface area contributed by atoms with Gasteiger partial charge in [0, 0.05) is 33.2 Å². The molecule has 0 fully saturated rings. The fourth-order valence-electron chi connectivity index (χ4n) is 3.59. The van der Waals surface area contributed by atoms with Gasteiger partial charge in [-0.25, -0.2) is 9.67 Å². The average molecular weight is 548 g/mol. The Kier molecular flexibility index (Phi) is 8.86. The van der Waals surface area contributed by atoms with E-state index in [1.807, 2.05) is 53.2 Å². The van der Waals surface area contributed by atoms with E-state index in [2.05, 4.69) is 31.8 Å². The summed E-state index contributed by atoms with van der Waals surface area (Å²) in [5.41, 5.74) is 1.11. The van der Waals surface area contributed by atoms with E-state index in [9.17, 15) is 0 Å². The number of fused-ring (bicyclic) bond motifs is 1. The summed E-state index contributed by atoms with van der Waals surface area (Å²) in [7, 11) is 3.44. The number of rotatable bonds is 7. The first-order valence-corrected chi connectivity index (χ1v) is 10.4. The van der Waals surface area contributed by atoms with Crippen LogP contribution in [0.2, 0.25) is 0 Å². The SMILES string of the molecule is CN=C(NCc1cccc(Oc2ccccc2)c1)NC1CCc2nc(COC)nn2C1.I. The number of nitrogens with one attached hydrogen (secondary N) is 2. The summed E-state index contributed by atoms with van der Waals surface area (Å²) in [6.07, 6.45) is 1.86. The van der Waals surface area contributed by atoms with Crippen LogP contribution in [-0.4, -0.2) is 40.9 Å². The number of methoxy groups -OCH3 is 1. The quantitative estimate of drug-likeness (QED) is 0.267. The fourth-order valence-corrected chi connectivity index (χ4v) is 3.59. The molecular formula is C23H29IN6O2. The highest BCUT2D eigenvalue weighted by molar-refractivity contribution is 14.0. The van der Waals surface area contributed by atoms with E-state index in [-0.39, 0.29) is 30.0 Å². The maximum atomic E-state index is 5.93. The largest absolute Gasteiger partial charge is 0.457 e. The van der Waals surface area contributed by atoms with Gasteiger partial charge in [0.1, 0.15) is 23.9 Å². The zero-order valence-electron chi connectivity index (χ0n) is 18.3. The molecule has 1 aromatic heterocycles. The second-order valence-corrected chi connectivity index (χ2v) is 7.43. The van der Waals surface area contributed by atoms with Gasteiger partial charge in [0.15, 0.2) is 11.8 Å². The molecule has 3 aromatic rings. The third kappa shape index (κ3) is 6.42. The third-order valence-corrected chi connectivity index (χ3v) is 5.08. The normalized spacial score (nSPS) is 15.4. The van der Waals surface area contributed by atoms with Crippen LogP contribution < -0.4 is 15.4 Å². The van der Waals surface area contributed by atoms with Gasteiger partial charge >= 0.3 is 0 Å². The number of halogens is 1. The highest BCUT2D eigenvalue weighted by Crippen LogP contribution is 2.21. The van der Waals surface area contributed by atoms with Gasteiger partial charge in [-0.1, -0.05) is 30.3 Å². The Balaban J connectivity index is 0.00000289. The third-order valence-electron chi connectivity index (χ3n) is 5.08. The lowest BCUT2D eigenvalue weighted by Gasteiger charge is -2.25. The molecule has 9 heteroatoms. The van der Waals surface area contributed by atoms with Gasteiger partial charge < -0.3 is 20.1 Å². The van der Waals surface area contributed by atoms with Gasteiger partial charge in [0.2, 0.25) is 0 Å². The number of aliphatic imine (C=N–C) groups is 1. The molecule has 4 rings (SSSR count). The molecule has 0 spiro atoms. The van der Waals surface area contributed by atoms with E-state index in [1.165, 1.54) is 0 Å². The highest BCUT2D eigenvalue weighted by Gasteiger charge is 2.22. The minimum absolute atomic E-state index is 0. The van der Waals surface area contributed by atoms with Gasteiger partial charge in [0.25, 0.3) is 0 Å². The number of guanidine groups is 1. The van der Waals surface area contributed by atoms with Crippen LogP contribution >= 0.6 is 24.0 Å². The van der Waals surface area contributed by atoms with Crippen molar-refractivity contribution in [3.05, 3.63) is 71.8 Å². The van der Waals surface area contributed by atoms with E-state index in [4.69, 9.17) is 9.47 Å². The number of benzene rings is 2. The molecule has 2 N–H and O–H groups in total. The summed E-state index contributed by atoms with van der Waals surface area (Å²) in [4.78, 5) is 8.91. The van der Waals surface area contributed by atoms with Crippen LogP contribution in [0.4, 0.5) is 0 Å². The standard InChI is InChI=1S/C23H28N6O2.HI/c1-24-23(26-18-11-12-22-27-21(16-30-2)28-29(22)15-18)25-14-17-7-6-10-20(13-17)31-19-8-4-3-5-9-19;/h3-10,13,18H,11-12,14-16H2,1-2H3,(H2,24,25,26);1H. The maximum absolute atomic E-state index is 5.93. The molecule has 0 saturated heterocycles. The molecule has 2 heterocycles. The molecule has 2 aromatic carbocycles. The minimum Gasteiger partial charge on any atom is -0.457 e. The Labute approximate surface area is 205 Å². The van der Waals surface area contributed by atoms with Crippen molar-refractivity contribution >= 4 is 29.9 Å². The van der Waals surface area contributed by atoms with Crippen molar-refractivity contribution in [2.24, 2.45) is 4.99 Å². The monoisotopic (exact) mass is 548 g/mol. The molecule has 0 saturated carbocycles. The Morgan fingerprint density at radius 3 is 2.75 bits per heavy atom. The predicted octanol–water partition coefficient (Wildman–Crippen LogP) is 3.51. The topological polar surface area (TPSA) is 85.6 Å². The summed E-state index contributed by atoms with van der Waals surface area (Å²) < 4.78 is 13.0. The molecule has 1 aliphatic rings. The van der Waals surface area contributed by atoms with Gasteiger partial charge in [-0.3, -0.25) is 4.99 Å². The molecule has 0 bridgehead atoms. The first-order valence-electron chi connectivity index (χ1n) is 10.4. The van der Waals surface area contributed by atoms with Crippen molar-refractivity contribution < 1.29 is 9.47 Å². The van der Waals surface area contributed by atoms with E-state index < -0.39 is 0 Å². The van der Waals surface area contributed by atoms with E-state index in [1.54, 1.807) is 14.2 Å². The van der Waals surface area contributed by atoms with Crippen LogP contribution in [0.25, 0.3) is 0 Å². The van der Waals surface area contributed by atoms with E-state index in [0.717, 1.165) is 54.1 Å². The molecule has 1 aliphatic heterocycles. The Morgan fingerprint density at radius 2 is 1.97 bits per heavy atom. The lowest BCUT2D eigenvalue weighted by atomic mass is 10.1. The minimum atomic E-state index is 0. The fraction of sp³-hybridized carbons (Fsp3) is 0.348. The molecule has 1 atom stereocenters. The van der Waals surface area contributed by atoms with Gasteiger partial charge in [-0.05, 0) is 36.2 Å². The van der Waals surface area contributed by atoms with Crippen molar-refractivity contribution in [3.8, 4) is 11.5 Å². The number of para-hydroxylation sites is 1. The molecule has 0 aliphatic carbocycles. The summed E-state index contributed by atoms with van der Waals surface area (Å²) in [5, 5.41) is 11.4. The lowest BCUT2D eigenvalue weighted by molar-refractivity contribution is 0.177. The van der Waals surface area contributed by atoms with Crippen LogP contribution in [0.5, 0.6) is 11.5 Å². The first-order chi connectivity index (χ1) is 15.2. The number of aryl methyl sites for hydroxylation is 1. The van der Waals surface area contributed by atoms with Crippen LogP contribution in [0.1, 0.15) is 23.6 Å². The number of ether oxygens (including phenoxy) is 2. The van der Waals surface area contributed by atoms with Crippen LogP contribution in [0.15, 0.2) is 59.6 Å². The molecule has 0 amide bonds. The van der Waals surface area contributed by atoms with Crippen molar-refractivity contribution in [2.45, 2.75) is 38.6 Å². The number of nitrogens with zero attached hydrogens (tertiary/aromatic N) is 4. The van der Waals surface area contributed by atoms with Gasteiger partial charge in [0.05, 0.1) is 6.54 Å². The number of aromatic nitrogens is 3. The van der Waals surface area contributed by atoms with Gasteiger partial charge in [-0.2, -0.15) is 5.10 Å². The van der Waals surface area contributed by atoms with Gasteiger partial charge in [-0.15, -0.1) is 24.0 Å². The van der Waals surface area contributed by atoms with Crippen LogP contribution in [0, 0.1) is 0 Å². The molecular weight excluding hydrogens is 519 g/mol. The zero-order chi connectivity index (χ0) is 21.5. The second kappa shape index (κ2) is 11.8. The van der Waals surface area contributed by atoms with Crippen molar-refractivity contribution in [2.75, 3.05) is 14.2 Å². The second-order valence-electron chi connectivity index (χ2n) is 7.43. The summed E-state index contributed by atoms with van der Waals surface area (Å²) >= 11 is 0. The maximum Gasteiger partial charge on any atom is 0.191 e. The van der Waals surface area contributed by atoms with E-state index >= 15 is 0 Å². The molecule has 1 unspecified atom stereocenters. The molecule has 170 valence electrons. The number of hydrogen-bond acceptors (Lipinski definition) is 5. The van der Waals surface area contributed by atoms with Crippen LogP contribution in [-0.2, 0) is 30.9 Å². The van der Waals surface area contributed by atoms with Crippen molar-refractivity contribution in [1.82, 2.24) is 25.4 Å². The van der Waals surface area contributed by atoms with Crippen LogP contribution in [0.3, 0.4) is 0 Å². The molecule has 8 nitrogen and oxygen atoms in total. The highest BCUT2D eigenvalue weighted by atomic mass is 127. The summed E-state index contributed by atoms with van der Waals surface area (Å²) in [5.74, 6) is 4.15. The Hall–Kier alpha value is -2.66. The first kappa shape index (κ1) is 24.0. The molecule has 32 heavy (non-hydrogen) atoms. The summed E-state index contributed by atoms with van der Waals surface area (Å²) in [6, 6.07) is 18.1. The lowest BCUT2D eigenvalue weighted by Crippen LogP contribution is -2.46. The summed E-state index contributed by atoms with van der Waals surface area (Å²) in [6.45, 7) is 1.84. The smallest absolute Gasteiger partial charge is 0.191 e. The average Bonchev–Trinajstić information content (AvgIpc) is 3.19. The van der Waals surface area contributed by atoms with Crippen molar-refractivity contribution in [1.29, 1.82) is 0 Å². The Bertz CT molecular complexity index is 1020. The predicted molar refractivity (Wildman–Crippen MR) is 135 cm³/mol. The zero-order valence-corrected chi connectivity index (χ0v) is 20.7. The van der Waals surface area contributed by atoms with Crippen molar-refractivity contribution in [3.63, 3.8) is 0 Å². The van der Waals surface area contributed by atoms with E-state index in [0.29, 0.717) is 13.2 Å². The molecule has 0 radical (unpaired) electrons. The Morgan fingerprint density at radius 1 is 1.16 bits per heavy atom.